The molecule has 3 nitrogen and oxygen atoms in total. The summed E-state index contributed by atoms with van der Waals surface area (Å²) in [6, 6.07) is 3.98. The summed E-state index contributed by atoms with van der Waals surface area (Å²) < 4.78 is 26.6. The third kappa shape index (κ3) is 2.50. The van der Waals surface area contributed by atoms with Gasteiger partial charge in [-0.3, -0.25) is 4.31 Å². The Morgan fingerprint density at radius 3 is 2.53 bits per heavy atom. The molecule has 1 aliphatic rings. The van der Waals surface area contributed by atoms with Crippen molar-refractivity contribution in [1.82, 2.24) is 0 Å². The van der Waals surface area contributed by atoms with E-state index in [0.717, 1.165) is 34.1 Å². The van der Waals surface area contributed by atoms with E-state index in [1.807, 2.05) is 26.0 Å². The van der Waals surface area contributed by atoms with Crippen LogP contribution in [0.5, 0.6) is 0 Å². The molecule has 5 heteroatoms. The minimum absolute atomic E-state index is 0.257. The van der Waals surface area contributed by atoms with Crippen LogP contribution in [-0.2, 0) is 10.0 Å². The van der Waals surface area contributed by atoms with E-state index >= 15 is 0 Å². The summed E-state index contributed by atoms with van der Waals surface area (Å²) in [4.78, 5) is 0. The number of aryl methyl sites for hydroxylation is 2. The van der Waals surface area contributed by atoms with Gasteiger partial charge < -0.3 is 0 Å². The highest BCUT2D eigenvalue weighted by atomic mass is 79.9. The number of rotatable bonds is 1. The molecule has 17 heavy (non-hydrogen) atoms. The molecular weight excluding hydrogens is 302 g/mol. The summed E-state index contributed by atoms with van der Waals surface area (Å²) in [5.74, 6) is 0.257. The van der Waals surface area contributed by atoms with E-state index in [4.69, 9.17) is 0 Å². The maximum Gasteiger partial charge on any atom is 0.235 e. The van der Waals surface area contributed by atoms with E-state index in [0.29, 0.717) is 6.54 Å². The van der Waals surface area contributed by atoms with Crippen molar-refractivity contribution < 1.29 is 8.42 Å². The Kier molecular flexibility index (Phi) is 3.50. The molecule has 0 aliphatic carbocycles. The highest BCUT2D eigenvalue weighted by Gasteiger charge is 2.28. The average molecular weight is 318 g/mol. The van der Waals surface area contributed by atoms with E-state index in [9.17, 15) is 8.42 Å². The monoisotopic (exact) mass is 317 g/mol. The summed E-state index contributed by atoms with van der Waals surface area (Å²) in [7, 11) is -3.13. The molecule has 2 rings (SSSR count). The van der Waals surface area contributed by atoms with E-state index in [-0.39, 0.29) is 5.75 Å². The van der Waals surface area contributed by atoms with Crippen LogP contribution in [0.1, 0.15) is 24.0 Å². The molecule has 0 unspecified atom stereocenters. The standard InChI is InChI=1S/C12H16BrNO2S/c1-9-7-10(2)12(11(13)8-9)14-5-3-4-6-17(14,15)16/h7-8H,3-6H2,1-2H3. The molecule has 1 heterocycles. The predicted octanol–water partition coefficient (Wildman–Crippen LogP) is 3.00. The summed E-state index contributed by atoms with van der Waals surface area (Å²) in [6.07, 6.45) is 1.69. The summed E-state index contributed by atoms with van der Waals surface area (Å²) >= 11 is 3.48. The number of hydrogen-bond acceptors (Lipinski definition) is 2. The fourth-order valence-electron chi connectivity index (χ4n) is 2.26. The molecule has 0 saturated carbocycles. The quantitative estimate of drug-likeness (QED) is 0.798. The van der Waals surface area contributed by atoms with Crippen LogP contribution < -0.4 is 4.31 Å². The Balaban J connectivity index is 2.53. The lowest BCUT2D eigenvalue weighted by Crippen LogP contribution is -2.38. The van der Waals surface area contributed by atoms with Crippen LogP contribution in [0.25, 0.3) is 0 Å². The maximum absolute atomic E-state index is 12.1. The van der Waals surface area contributed by atoms with Gasteiger partial charge in [-0.25, -0.2) is 8.42 Å². The van der Waals surface area contributed by atoms with Gasteiger partial charge in [-0.1, -0.05) is 6.07 Å². The van der Waals surface area contributed by atoms with Gasteiger partial charge in [0.15, 0.2) is 0 Å². The largest absolute Gasteiger partial charge is 0.269 e. The summed E-state index contributed by atoms with van der Waals surface area (Å²) in [6.45, 7) is 4.55. The molecule has 1 aliphatic heterocycles. The van der Waals surface area contributed by atoms with Gasteiger partial charge in [-0.05, 0) is 59.8 Å². The number of halogens is 1. The molecule has 0 amide bonds. The van der Waals surface area contributed by atoms with Gasteiger partial charge in [0.2, 0.25) is 10.0 Å². The van der Waals surface area contributed by atoms with Crippen LogP contribution in [0.4, 0.5) is 5.69 Å². The van der Waals surface area contributed by atoms with Crippen LogP contribution in [-0.4, -0.2) is 20.7 Å². The molecule has 1 fully saturated rings. The number of anilines is 1. The first-order valence-corrected chi connectivity index (χ1v) is 8.09. The normalized spacial score (nSPS) is 19.4. The van der Waals surface area contributed by atoms with Crippen molar-refractivity contribution >= 4 is 31.6 Å². The number of benzene rings is 1. The number of nitrogens with zero attached hydrogens (tertiary/aromatic N) is 1. The number of hydrogen-bond donors (Lipinski definition) is 0. The second-order valence-corrected chi connectivity index (χ2v) is 7.37. The Hall–Kier alpha value is -0.550. The Labute approximate surface area is 111 Å². The molecule has 0 radical (unpaired) electrons. The van der Waals surface area contributed by atoms with Crippen LogP contribution in [0.2, 0.25) is 0 Å². The van der Waals surface area contributed by atoms with Crippen LogP contribution >= 0.6 is 15.9 Å². The summed E-state index contributed by atoms with van der Waals surface area (Å²) in [5.41, 5.74) is 2.94. The fourth-order valence-corrected chi connectivity index (χ4v) is 4.99. The molecule has 1 saturated heterocycles. The molecule has 0 aromatic heterocycles. The zero-order valence-corrected chi connectivity index (χ0v) is 12.4. The zero-order valence-electron chi connectivity index (χ0n) is 10.0. The first kappa shape index (κ1) is 12.9. The van der Waals surface area contributed by atoms with Crippen molar-refractivity contribution in [2.45, 2.75) is 26.7 Å². The van der Waals surface area contributed by atoms with Gasteiger partial charge >= 0.3 is 0 Å². The molecule has 0 atom stereocenters. The lowest BCUT2D eigenvalue weighted by Gasteiger charge is -2.30. The highest BCUT2D eigenvalue weighted by molar-refractivity contribution is 9.10. The van der Waals surface area contributed by atoms with E-state index in [1.54, 1.807) is 4.31 Å². The van der Waals surface area contributed by atoms with Crippen molar-refractivity contribution in [3.05, 3.63) is 27.7 Å². The van der Waals surface area contributed by atoms with E-state index < -0.39 is 10.0 Å². The van der Waals surface area contributed by atoms with Crippen LogP contribution in [0.3, 0.4) is 0 Å². The van der Waals surface area contributed by atoms with Gasteiger partial charge in [-0.2, -0.15) is 0 Å². The van der Waals surface area contributed by atoms with E-state index in [2.05, 4.69) is 15.9 Å². The molecule has 0 bridgehead atoms. The molecule has 1 aromatic rings. The second-order valence-electron chi connectivity index (χ2n) is 4.51. The van der Waals surface area contributed by atoms with Crippen LogP contribution in [0, 0.1) is 13.8 Å². The molecule has 0 spiro atoms. The Morgan fingerprint density at radius 2 is 1.94 bits per heavy atom. The van der Waals surface area contributed by atoms with Crippen molar-refractivity contribution in [3.63, 3.8) is 0 Å². The van der Waals surface area contributed by atoms with Gasteiger partial charge in [0.05, 0.1) is 11.4 Å². The van der Waals surface area contributed by atoms with Crippen molar-refractivity contribution in [3.8, 4) is 0 Å². The second kappa shape index (κ2) is 4.61. The van der Waals surface area contributed by atoms with Gasteiger partial charge in [0.1, 0.15) is 0 Å². The molecule has 1 aromatic carbocycles. The molecule has 94 valence electrons. The lowest BCUT2D eigenvalue weighted by molar-refractivity contribution is 0.574. The smallest absolute Gasteiger partial charge is 0.235 e. The van der Waals surface area contributed by atoms with Crippen molar-refractivity contribution in [1.29, 1.82) is 0 Å². The van der Waals surface area contributed by atoms with Crippen LogP contribution in [0.15, 0.2) is 16.6 Å². The Bertz CT molecular complexity index is 516. The summed E-state index contributed by atoms with van der Waals surface area (Å²) in [5, 5.41) is 0. The molecular formula is C12H16BrNO2S. The molecule has 0 N–H and O–H groups in total. The van der Waals surface area contributed by atoms with Crippen molar-refractivity contribution in [2.75, 3.05) is 16.6 Å². The lowest BCUT2D eigenvalue weighted by atomic mass is 10.1. The average Bonchev–Trinajstić information content (AvgIpc) is 2.18. The Morgan fingerprint density at radius 1 is 1.24 bits per heavy atom. The predicted molar refractivity (Wildman–Crippen MR) is 74.0 cm³/mol. The van der Waals surface area contributed by atoms with Gasteiger partial charge in [0, 0.05) is 11.0 Å². The third-order valence-corrected chi connectivity index (χ3v) is 5.44. The zero-order chi connectivity index (χ0) is 12.6. The maximum atomic E-state index is 12.1. The minimum atomic E-state index is -3.13. The fraction of sp³-hybridized carbons (Fsp3) is 0.500. The van der Waals surface area contributed by atoms with E-state index in [1.165, 1.54) is 0 Å². The number of sulfonamides is 1. The van der Waals surface area contributed by atoms with Gasteiger partial charge in [0.25, 0.3) is 0 Å². The SMILES string of the molecule is Cc1cc(C)c(N2CCCCS2(=O)=O)c(Br)c1. The highest BCUT2D eigenvalue weighted by Crippen LogP contribution is 2.34. The van der Waals surface area contributed by atoms with Crippen molar-refractivity contribution in [2.24, 2.45) is 0 Å². The first-order chi connectivity index (χ1) is 7.92. The third-order valence-electron chi connectivity index (χ3n) is 3.00. The van der Waals surface area contributed by atoms with Gasteiger partial charge in [-0.15, -0.1) is 0 Å². The first-order valence-electron chi connectivity index (χ1n) is 5.69. The topological polar surface area (TPSA) is 37.4 Å². The minimum Gasteiger partial charge on any atom is -0.269 e.